The molecule has 0 atom stereocenters. The van der Waals surface area contributed by atoms with Crippen molar-refractivity contribution >= 4 is 17.5 Å². The first-order chi connectivity index (χ1) is 16.4. The molecule has 2 aromatic rings. The van der Waals surface area contributed by atoms with Gasteiger partial charge in [0, 0.05) is 28.9 Å². The fourth-order valence-electron chi connectivity index (χ4n) is 5.45. The lowest BCUT2D eigenvalue weighted by atomic mass is 9.76. The van der Waals surface area contributed by atoms with E-state index in [2.05, 4.69) is 10.6 Å². The Morgan fingerprint density at radius 1 is 0.853 bits per heavy atom. The first kappa shape index (κ1) is 24.4. The summed E-state index contributed by atoms with van der Waals surface area (Å²) >= 11 is 0. The molecule has 2 amide bonds. The highest BCUT2D eigenvalue weighted by molar-refractivity contribution is 6.05. The molecule has 0 aliphatic heterocycles. The Morgan fingerprint density at radius 2 is 1.44 bits per heavy atom. The molecule has 2 aliphatic rings. The molecule has 0 aromatic heterocycles. The van der Waals surface area contributed by atoms with Gasteiger partial charge in [0.05, 0.1) is 0 Å². The predicted molar refractivity (Wildman–Crippen MR) is 133 cm³/mol. The highest BCUT2D eigenvalue weighted by atomic mass is 19.1. The van der Waals surface area contributed by atoms with Crippen molar-refractivity contribution in [1.29, 1.82) is 0 Å². The Bertz CT molecular complexity index is 991. The molecule has 4 N–H and O–H groups in total. The molecule has 0 unspecified atom stereocenters. The minimum atomic E-state index is -0.383. The minimum Gasteiger partial charge on any atom is -0.349 e. The van der Waals surface area contributed by atoms with Crippen LogP contribution in [0, 0.1) is 24.6 Å². The van der Waals surface area contributed by atoms with E-state index in [1.54, 1.807) is 18.2 Å². The summed E-state index contributed by atoms with van der Waals surface area (Å²) in [5.74, 6) is 0.850. The van der Waals surface area contributed by atoms with Gasteiger partial charge in [0.25, 0.3) is 11.8 Å². The van der Waals surface area contributed by atoms with E-state index in [9.17, 15) is 14.0 Å². The van der Waals surface area contributed by atoms with Crippen LogP contribution in [0.25, 0.3) is 0 Å². The van der Waals surface area contributed by atoms with Crippen LogP contribution in [0.4, 0.5) is 10.1 Å². The number of anilines is 1. The van der Waals surface area contributed by atoms with Gasteiger partial charge in [-0.2, -0.15) is 0 Å². The van der Waals surface area contributed by atoms with Gasteiger partial charge in [0.15, 0.2) is 0 Å². The van der Waals surface area contributed by atoms with E-state index >= 15 is 0 Å². The van der Waals surface area contributed by atoms with E-state index in [0.29, 0.717) is 22.9 Å². The summed E-state index contributed by atoms with van der Waals surface area (Å²) in [6.45, 7) is 1.86. The van der Waals surface area contributed by atoms with Crippen molar-refractivity contribution in [3.8, 4) is 0 Å². The molecule has 2 saturated carbocycles. The molecule has 0 radical (unpaired) electrons. The summed E-state index contributed by atoms with van der Waals surface area (Å²) in [5.41, 5.74) is 8.45. The zero-order chi connectivity index (χ0) is 24.1. The van der Waals surface area contributed by atoms with Crippen molar-refractivity contribution in [1.82, 2.24) is 5.32 Å². The number of benzene rings is 2. The molecule has 2 aliphatic carbocycles. The maximum atomic E-state index is 13.1. The molecule has 4 rings (SSSR count). The van der Waals surface area contributed by atoms with E-state index in [-0.39, 0.29) is 23.7 Å². The third-order valence-electron chi connectivity index (χ3n) is 7.58. The Balaban J connectivity index is 1.25. The first-order valence-corrected chi connectivity index (χ1v) is 12.6. The number of nitrogens with one attached hydrogen (secondary N) is 2. The number of halogens is 1. The van der Waals surface area contributed by atoms with Crippen LogP contribution >= 0.6 is 0 Å². The SMILES string of the molecule is Cc1cc(C(=O)NC2CCC(CC3CCC(N)CC3)CC2)ccc1NC(=O)c1ccc(F)cc1. The monoisotopic (exact) mass is 465 g/mol. The second-order valence-electron chi connectivity index (χ2n) is 10.2. The number of carbonyl (C=O) groups is 2. The van der Waals surface area contributed by atoms with Gasteiger partial charge < -0.3 is 16.4 Å². The van der Waals surface area contributed by atoms with Gasteiger partial charge in [-0.1, -0.05) is 0 Å². The summed E-state index contributed by atoms with van der Waals surface area (Å²) < 4.78 is 13.1. The highest BCUT2D eigenvalue weighted by Gasteiger charge is 2.27. The summed E-state index contributed by atoms with van der Waals surface area (Å²) in [4.78, 5) is 25.2. The second-order valence-corrected chi connectivity index (χ2v) is 10.2. The lowest BCUT2D eigenvalue weighted by Gasteiger charge is -2.33. The van der Waals surface area contributed by atoms with Crippen molar-refractivity contribution in [3.63, 3.8) is 0 Å². The third-order valence-corrected chi connectivity index (χ3v) is 7.58. The van der Waals surface area contributed by atoms with Crippen LogP contribution in [0.3, 0.4) is 0 Å². The minimum absolute atomic E-state index is 0.0655. The molecule has 2 aromatic carbocycles. The van der Waals surface area contributed by atoms with Gasteiger partial charge in [-0.3, -0.25) is 9.59 Å². The zero-order valence-electron chi connectivity index (χ0n) is 20.0. The maximum Gasteiger partial charge on any atom is 0.255 e. The predicted octanol–water partition coefficient (Wildman–Crippen LogP) is 5.58. The number of aryl methyl sites for hydroxylation is 1. The summed E-state index contributed by atoms with van der Waals surface area (Å²) in [7, 11) is 0. The average Bonchev–Trinajstić information content (AvgIpc) is 2.83. The topological polar surface area (TPSA) is 84.2 Å². The molecule has 182 valence electrons. The van der Waals surface area contributed by atoms with E-state index in [0.717, 1.165) is 30.2 Å². The molecule has 0 bridgehead atoms. The van der Waals surface area contributed by atoms with Crippen LogP contribution in [-0.2, 0) is 0 Å². The smallest absolute Gasteiger partial charge is 0.255 e. The summed E-state index contributed by atoms with van der Waals surface area (Å²) in [6, 6.07) is 11.3. The van der Waals surface area contributed by atoms with Crippen LogP contribution < -0.4 is 16.4 Å². The molecular formula is C28H36FN3O2. The lowest BCUT2D eigenvalue weighted by molar-refractivity contribution is 0.0918. The molecular weight excluding hydrogens is 429 g/mol. The number of amides is 2. The molecule has 2 fully saturated rings. The van der Waals surface area contributed by atoms with Crippen LogP contribution in [0.15, 0.2) is 42.5 Å². The Hall–Kier alpha value is -2.73. The molecule has 0 saturated heterocycles. The Labute approximate surface area is 201 Å². The fourth-order valence-corrected chi connectivity index (χ4v) is 5.45. The van der Waals surface area contributed by atoms with Crippen molar-refractivity contribution < 1.29 is 14.0 Å². The third kappa shape index (κ3) is 6.44. The van der Waals surface area contributed by atoms with Crippen molar-refractivity contribution in [2.24, 2.45) is 17.6 Å². The van der Waals surface area contributed by atoms with Gasteiger partial charge >= 0.3 is 0 Å². The molecule has 6 heteroatoms. The summed E-state index contributed by atoms with van der Waals surface area (Å²) in [5, 5.41) is 6.04. The van der Waals surface area contributed by atoms with Gasteiger partial charge in [-0.05, 0) is 125 Å². The fraction of sp³-hybridized carbons (Fsp3) is 0.500. The van der Waals surface area contributed by atoms with Crippen LogP contribution in [0.2, 0.25) is 0 Å². The van der Waals surface area contributed by atoms with Crippen LogP contribution in [0.5, 0.6) is 0 Å². The first-order valence-electron chi connectivity index (χ1n) is 12.6. The van der Waals surface area contributed by atoms with E-state index in [4.69, 9.17) is 5.73 Å². The number of nitrogens with two attached hydrogens (primary N) is 1. The van der Waals surface area contributed by atoms with Crippen molar-refractivity contribution in [2.75, 3.05) is 5.32 Å². The van der Waals surface area contributed by atoms with Crippen molar-refractivity contribution in [2.45, 2.75) is 76.8 Å². The number of carbonyl (C=O) groups excluding carboxylic acids is 2. The summed E-state index contributed by atoms with van der Waals surface area (Å²) in [6.07, 6.45) is 10.6. The van der Waals surface area contributed by atoms with Crippen molar-refractivity contribution in [3.05, 3.63) is 65.0 Å². The standard InChI is InChI=1S/C28H36FN3O2/c1-18-16-22(8-15-26(18)32-27(33)21-6-9-23(29)10-7-21)28(34)31-25-13-4-20(5-14-25)17-19-2-11-24(30)12-3-19/h6-10,15-16,19-20,24-25H,2-5,11-14,17,30H2,1H3,(H,31,34)(H,32,33). The Kier molecular flexibility index (Phi) is 7.99. The molecule has 0 heterocycles. The Morgan fingerprint density at radius 3 is 2.06 bits per heavy atom. The van der Waals surface area contributed by atoms with Gasteiger partial charge in [-0.15, -0.1) is 0 Å². The van der Waals surface area contributed by atoms with E-state index in [1.165, 1.54) is 69.2 Å². The number of rotatable bonds is 6. The lowest BCUT2D eigenvalue weighted by Crippen LogP contribution is -2.38. The van der Waals surface area contributed by atoms with Crippen LogP contribution in [-0.4, -0.2) is 23.9 Å². The number of hydrogen-bond acceptors (Lipinski definition) is 3. The van der Waals surface area contributed by atoms with E-state index in [1.807, 2.05) is 6.92 Å². The largest absolute Gasteiger partial charge is 0.349 e. The van der Waals surface area contributed by atoms with Gasteiger partial charge in [0.1, 0.15) is 5.82 Å². The van der Waals surface area contributed by atoms with E-state index < -0.39 is 0 Å². The second kappa shape index (κ2) is 11.1. The maximum absolute atomic E-state index is 13.1. The quantitative estimate of drug-likeness (QED) is 0.520. The zero-order valence-corrected chi connectivity index (χ0v) is 20.0. The van der Waals surface area contributed by atoms with Gasteiger partial charge in [-0.25, -0.2) is 4.39 Å². The van der Waals surface area contributed by atoms with Crippen LogP contribution in [0.1, 0.15) is 84.1 Å². The molecule has 34 heavy (non-hydrogen) atoms. The van der Waals surface area contributed by atoms with Gasteiger partial charge in [0.2, 0.25) is 0 Å². The molecule has 0 spiro atoms. The highest BCUT2D eigenvalue weighted by Crippen LogP contribution is 2.35. The number of hydrogen-bond donors (Lipinski definition) is 3. The average molecular weight is 466 g/mol. The normalized spacial score (nSPS) is 24.9. The molecule has 5 nitrogen and oxygen atoms in total.